The van der Waals surface area contributed by atoms with E-state index in [1.807, 2.05) is 18.2 Å². The van der Waals surface area contributed by atoms with Crippen LogP contribution in [0, 0.1) is 5.92 Å². The molecule has 0 aliphatic carbocycles. The molecule has 2 bridgehead atoms. The van der Waals surface area contributed by atoms with Gasteiger partial charge >= 0.3 is 0 Å². The third-order valence-corrected chi connectivity index (χ3v) is 7.77. The van der Waals surface area contributed by atoms with Gasteiger partial charge in [0.1, 0.15) is 10.8 Å². The Hall–Kier alpha value is -1.25. The number of thiazole rings is 1. The number of nitrogens with two attached hydrogens (primary N) is 1. The van der Waals surface area contributed by atoms with Crippen molar-refractivity contribution in [3.05, 3.63) is 23.2 Å². The number of likely N-dealkylation sites (N-methyl/N-ethyl adjacent to an activating group) is 1. The van der Waals surface area contributed by atoms with Gasteiger partial charge in [0.05, 0.1) is 22.9 Å². The first-order chi connectivity index (χ1) is 12.0. The second-order valence-electron chi connectivity index (χ2n) is 7.69. The van der Waals surface area contributed by atoms with E-state index in [9.17, 15) is 0 Å². The number of hydrogen-bond acceptors (Lipinski definition) is 7. The Kier molecular flexibility index (Phi) is 3.43. The summed E-state index contributed by atoms with van der Waals surface area (Å²) in [5.41, 5.74) is 8.02. The first-order valence-corrected chi connectivity index (χ1v) is 9.82. The van der Waals surface area contributed by atoms with Crippen molar-refractivity contribution in [1.29, 1.82) is 0 Å². The molecule has 25 heavy (non-hydrogen) atoms. The van der Waals surface area contributed by atoms with E-state index in [1.54, 1.807) is 18.4 Å². The summed E-state index contributed by atoms with van der Waals surface area (Å²) in [4.78, 5) is 9.82. The van der Waals surface area contributed by atoms with Crippen molar-refractivity contribution in [1.82, 2.24) is 20.1 Å². The van der Waals surface area contributed by atoms with Crippen molar-refractivity contribution in [2.24, 2.45) is 11.7 Å². The van der Waals surface area contributed by atoms with Crippen LogP contribution in [-0.2, 0) is 5.79 Å². The van der Waals surface area contributed by atoms with Gasteiger partial charge in [-0.2, -0.15) is 0 Å². The monoisotopic (exact) mass is 359 g/mol. The van der Waals surface area contributed by atoms with E-state index in [4.69, 9.17) is 15.5 Å². The normalized spacial score (nSPS) is 38.0. The fourth-order valence-corrected chi connectivity index (χ4v) is 6.13. The molecular formula is C18H25N5OS. The first kappa shape index (κ1) is 16.0. The van der Waals surface area contributed by atoms with Crippen molar-refractivity contribution in [3.8, 4) is 5.75 Å². The maximum Gasteiger partial charge on any atom is 0.178 e. The third-order valence-electron chi connectivity index (χ3n) is 6.63. The van der Waals surface area contributed by atoms with Gasteiger partial charge in [0, 0.05) is 13.1 Å². The first-order valence-electron chi connectivity index (χ1n) is 9.00. The summed E-state index contributed by atoms with van der Waals surface area (Å²) in [7, 11) is 3.87. The van der Waals surface area contributed by atoms with Crippen LogP contribution >= 0.6 is 11.3 Å². The number of benzene rings is 1. The average molecular weight is 359 g/mol. The molecule has 0 radical (unpaired) electrons. The fourth-order valence-electron chi connectivity index (χ4n) is 5.02. The van der Waals surface area contributed by atoms with E-state index >= 15 is 0 Å². The summed E-state index contributed by atoms with van der Waals surface area (Å²) in [6, 6.07) is 6.01. The van der Waals surface area contributed by atoms with Crippen LogP contribution in [0.25, 0.3) is 10.2 Å². The molecule has 4 saturated heterocycles. The molecule has 4 aliphatic heterocycles. The zero-order valence-corrected chi connectivity index (χ0v) is 15.6. The second-order valence-corrected chi connectivity index (χ2v) is 8.72. The molecule has 2 aromatic rings. The van der Waals surface area contributed by atoms with Gasteiger partial charge < -0.3 is 9.64 Å². The molecule has 5 heterocycles. The van der Waals surface area contributed by atoms with Crippen LogP contribution in [0.3, 0.4) is 0 Å². The number of piperidine rings is 3. The standard InChI is InChI=1S/C18H25N5OS/c1-22-17(11-23-7-5-12(17)6-8-23)10-20-18(22,19)16-21-14-4-3-13(24-2)9-15(14)25-16/h3-4,9,12,20H,5-8,10-11,19H2,1-2H3. The van der Waals surface area contributed by atoms with Crippen LogP contribution in [0.4, 0.5) is 0 Å². The van der Waals surface area contributed by atoms with Gasteiger partial charge in [-0.25, -0.2) is 4.98 Å². The molecule has 4 fully saturated rings. The van der Waals surface area contributed by atoms with Gasteiger partial charge in [-0.05, 0) is 57.1 Å². The number of nitrogens with one attached hydrogen (secondary N) is 1. The molecule has 7 heteroatoms. The Morgan fingerprint density at radius 2 is 2.16 bits per heavy atom. The predicted octanol–water partition coefficient (Wildman–Crippen LogP) is 1.37. The number of aromatic nitrogens is 1. The van der Waals surface area contributed by atoms with E-state index in [1.165, 1.54) is 25.9 Å². The third kappa shape index (κ3) is 2.13. The van der Waals surface area contributed by atoms with Crippen molar-refractivity contribution in [2.75, 3.05) is 40.3 Å². The lowest BCUT2D eigenvalue weighted by molar-refractivity contribution is -0.0656. The SMILES string of the molecule is COc1ccc2nc(C3(N)NCC4(CN5CCC4CC5)N3C)sc2c1. The van der Waals surface area contributed by atoms with E-state index in [-0.39, 0.29) is 5.54 Å². The summed E-state index contributed by atoms with van der Waals surface area (Å²) in [5, 5.41) is 4.56. The number of ether oxygens (including phenoxy) is 1. The molecule has 4 aliphatic rings. The van der Waals surface area contributed by atoms with Crippen molar-refractivity contribution >= 4 is 21.6 Å². The second kappa shape index (κ2) is 5.37. The summed E-state index contributed by atoms with van der Waals surface area (Å²) in [6.45, 7) is 4.51. The van der Waals surface area contributed by atoms with Gasteiger partial charge in [-0.3, -0.25) is 16.0 Å². The largest absolute Gasteiger partial charge is 0.497 e. The maximum absolute atomic E-state index is 6.91. The van der Waals surface area contributed by atoms with E-state index < -0.39 is 5.79 Å². The van der Waals surface area contributed by atoms with Crippen LogP contribution in [0.15, 0.2) is 18.2 Å². The smallest absolute Gasteiger partial charge is 0.178 e. The molecule has 1 aromatic carbocycles. The molecule has 2 unspecified atom stereocenters. The molecule has 0 saturated carbocycles. The van der Waals surface area contributed by atoms with Crippen LogP contribution in [-0.4, -0.2) is 60.7 Å². The number of methoxy groups -OCH3 is 1. The quantitative estimate of drug-likeness (QED) is 0.844. The summed E-state index contributed by atoms with van der Waals surface area (Å²) >= 11 is 1.66. The number of hydrogen-bond donors (Lipinski definition) is 2. The summed E-state index contributed by atoms with van der Waals surface area (Å²) < 4.78 is 6.46. The lowest BCUT2D eigenvalue weighted by Crippen LogP contribution is -2.68. The van der Waals surface area contributed by atoms with Crippen molar-refractivity contribution in [3.63, 3.8) is 0 Å². The molecule has 0 amide bonds. The highest BCUT2D eigenvalue weighted by atomic mass is 32.1. The molecule has 6 nitrogen and oxygen atoms in total. The minimum absolute atomic E-state index is 0.126. The van der Waals surface area contributed by atoms with Crippen LogP contribution in [0.5, 0.6) is 5.75 Å². The van der Waals surface area contributed by atoms with Crippen molar-refractivity contribution < 1.29 is 4.74 Å². The fraction of sp³-hybridized carbons (Fsp3) is 0.611. The zero-order chi connectivity index (χ0) is 17.2. The molecule has 134 valence electrons. The Morgan fingerprint density at radius 3 is 2.84 bits per heavy atom. The molecule has 2 atom stereocenters. The number of nitrogens with zero attached hydrogens (tertiary/aromatic N) is 3. The minimum Gasteiger partial charge on any atom is -0.497 e. The highest BCUT2D eigenvalue weighted by Crippen LogP contribution is 2.46. The maximum atomic E-state index is 6.91. The van der Waals surface area contributed by atoms with Gasteiger partial charge in [0.15, 0.2) is 5.79 Å². The van der Waals surface area contributed by atoms with Gasteiger partial charge in [-0.1, -0.05) is 0 Å². The Morgan fingerprint density at radius 1 is 1.36 bits per heavy atom. The predicted molar refractivity (Wildman–Crippen MR) is 99.7 cm³/mol. The Bertz CT molecular complexity index is 817. The molecule has 3 N–H and O–H groups in total. The molecular weight excluding hydrogens is 334 g/mol. The Labute approximate surface area is 151 Å². The van der Waals surface area contributed by atoms with Crippen molar-refractivity contribution in [2.45, 2.75) is 24.2 Å². The highest BCUT2D eigenvalue weighted by Gasteiger charge is 2.59. The molecule has 1 spiro atoms. The number of rotatable bonds is 2. The summed E-state index contributed by atoms with van der Waals surface area (Å²) in [6.07, 6.45) is 2.55. The van der Waals surface area contributed by atoms with E-state index in [2.05, 4.69) is 22.2 Å². The Balaban J connectivity index is 1.53. The van der Waals surface area contributed by atoms with Crippen LogP contribution < -0.4 is 15.8 Å². The topological polar surface area (TPSA) is 66.7 Å². The van der Waals surface area contributed by atoms with Gasteiger partial charge in [0.25, 0.3) is 0 Å². The van der Waals surface area contributed by atoms with Crippen LogP contribution in [0.2, 0.25) is 0 Å². The molecule has 6 rings (SSSR count). The highest BCUT2D eigenvalue weighted by molar-refractivity contribution is 7.18. The van der Waals surface area contributed by atoms with Crippen LogP contribution in [0.1, 0.15) is 17.8 Å². The van der Waals surface area contributed by atoms with E-state index in [0.717, 1.165) is 40.0 Å². The van der Waals surface area contributed by atoms with E-state index in [0.29, 0.717) is 0 Å². The zero-order valence-electron chi connectivity index (χ0n) is 14.8. The minimum atomic E-state index is -0.699. The van der Waals surface area contributed by atoms with Gasteiger partial charge in [-0.15, -0.1) is 11.3 Å². The average Bonchev–Trinajstić information content (AvgIpc) is 3.19. The van der Waals surface area contributed by atoms with Gasteiger partial charge in [0.2, 0.25) is 0 Å². The number of fused-ring (bicyclic) bond motifs is 3. The lowest BCUT2D eigenvalue weighted by atomic mass is 9.72. The lowest BCUT2D eigenvalue weighted by Gasteiger charge is -2.55. The molecule has 1 aromatic heterocycles. The summed E-state index contributed by atoms with van der Waals surface area (Å²) in [5.74, 6) is 0.875.